The van der Waals surface area contributed by atoms with Crippen LogP contribution in [0.4, 0.5) is 17.6 Å². The van der Waals surface area contributed by atoms with Crippen LogP contribution >= 0.6 is 7.60 Å². The normalized spacial score (nSPS) is 14.9. The van der Waals surface area contributed by atoms with Crippen LogP contribution in [-0.4, -0.2) is 17.2 Å². The first-order valence-corrected chi connectivity index (χ1v) is 6.40. The van der Waals surface area contributed by atoms with Gasteiger partial charge in [0.1, 0.15) is 0 Å². The molecule has 0 radical (unpaired) electrons. The van der Waals surface area contributed by atoms with Gasteiger partial charge in [0.15, 0.2) is 17.7 Å². The Morgan fingerprint density at radius 2 is 2.06 bits per heavy atom. The molecule has 1 unspecified atom stereocenters. The van der Waals surface area contributed by atoms with Crippen LogP contribution in [0.25, 0.3) is 6.08 Å². The van der Waals surface area contributed by atoms with E-state index >= 15 is 0 Å². The molecule has 0 bridgehead atoms. The third kappa shape index (κ3) is 4.16. The summed E-state index contributed by atoms with van der Waals surface area (Å²) in [6, 6.07) is 3.52. The van der Waals surface area contributed by atoms with Gasteiger partial charge in [0, 0.05) is 5.56 Å². The highest BCUT2D eigenvalue weighted by Gasteiger charge is 2.40. The molecular formula is C10H9F4O3P. The molecule has 3 nitrogen and oxygen atoms in total. The van der Waals surface area contributed by atoms with Gasteiger partial charge in [-0.25, -0.2) is 8.96 Å². The number of halogens is 4. The summed E-state index contributed by atoms with van der Waals surface area (Å²) in [5.74, 6) is -1.76. The highest BCUT2D eigenvalue weighted by Crippen LogP contribution is 2.47. The van der Waals surface area contributed by atoms with Gasteiger partial charge in [-0.05, 0) is 6.07 Å². The number of hydrogen-bond donors (Lipinski definition) is 1. The molecule has 0 heterocycles. The van der Waals surface area contributed by atoms with Crippen molar-refractivity contribution in [3.8, 4) is 5.75 Å². The summed E-state index contributed by atoms with van der Waals surface area (Å²) in [6.07, 6.45) is -5.82. The molecule has 1 atom stereocenters. The van der Waals surface area contributed by atoms with Crippen LogP contribution in [-0.2, 0) is 4.57 Å². The number of hydrogen-bond acceptors (Lipinski definition) is 2. The van der Waals surface area contributed by atoms with Gasteiger partial charge < -0.3 is 9.42 Å². The standard InChI is InChI=1S/C10H9F4O3P/c1-2-7-4-3-5-8(9(7)11)17-18(15,16)6-10(12,13)14/h2-5H,1,6H2,(H,15,16). The van der Waals surface area contributed by atoms with Crippen LogP contribution in [0.2, 0.25) is 0 Å². The molecule has 0 aromatic heterocycles. The molecule has 100 valence electrons. The summed E-state index contributed by atoms with van der Waals surface area (Å²) < 4.78 is 64.9. The van der Waals surface area contributed by atoms with Crippen molar-refractivity contribution < 1.29 is 31.5 Å². The molecule has 1 rings (SSSR count). The van der Waals surface area contributed by atoms with Crippen molar-refractivity contribution in [1.29, 1.82) is 0 Å². The van der Waals surface area contributed by atoms with Crippen LogP contribution < -0.4 is 4.52 Å². The van der Waals surface area contributed by atoms with Gasteiger partial charge >= 0.3 is 13.8 Å². The van der Waals surface area contributed by atoms with Crippen LogP contribution in [0, 0.1) is 5.82 Å². The molecule has 0 spiro atoms. The second-order valence-corrected chi connectivity index (χ2v) is 5.14. The molecule has 0 amide bonds. The first kappa shape index (κ1) is 14.7. The van der Waals surface area contributed by atoms with Crippen LogP contribution in [0.15, 0.2) is 24.8 Å². The highest BCUT2D eigenvalue weighted by molar-refractivity contribution is 7.53. The minimum atomic E-state index is -4.99. The van der Waals surface area contributed by atoms with Gasteiger partial charge in [0.2, 0.25) is 0 Å². The van der Waals surface area contributed by atoms with Gasteiger partial charge in [0.05, 0.1) is 0 Å². The third-order valence-corrected chi connectivity index (χ3v) is 3.07. The smallest absolute Gasteiger partial charge is 0.401 e. The van der Waals surface area contributed by atoms with Crippen LogP contribution in [0.5, 0.6) is 5.75 Å². The number of benzene rings is 1. The van der Waals surface area contributed by atoms with Gasteiger partial charge in [0.25, 0.3) is 0 Å². The van der Waals surface area contributed by atoms with Crippen molar-refractivity contribution in [1.82, 2.24) is 0 Å². The van der Waals surface area contributed by atoms with E-state index in [-0.39, 0.29) is 5.56 Å². The van der Waals surface area contributed by atoms with E-state index in [1.54, 1.807) is 0 Å². The molecule has 8 heteroatoms. The molecule has 1 aromatic rings. The first-order chi connectivity index (χ1) is 8.14. The predicted octanol–water partition coefficient (Wildman–Crippen LogP) is 3.60. The van der Waals surface area contributed by atoms with Crippen molar-refractivity contribution in [2.75, 3.05) is 6.16 Å². The van der Waals surface area contributed by atoms with Gasteiger partial charge in [-0.2, -0.15) is 13.2 Å². The fraction of sp³-hybridized carbons (Fsp3) is 0.200. The van der Waals surface area contributed by atoms with Crippen molar-refractivity contribution in [3.05, 3.63) is 36.2 Å². The molecule has 0 aliphatic carbocycles. The fourth-order valence-electron chi connectivity index (χ4n) is 1.17. The zero-order valence-corrected chi connectivity index (χ0v) is 9.84. The minimum absolute atomic E-state index is 0.0421. The second-order valence-electron chi connectivity index (χ2n) is 3.37. The Hall–Kier alpha value is -1.33. The summed E-state index contributed by atoms with van der Waals surface area (Å²) >= 11 is 0. The summed E-state index contributed by atoms with van der Waals surface area (Å²) in [4.78, 5) is 9.01. The maximum Gasteiger partial charge on any atom is 0.401 e. The summed E-state index contributed by atoms with van der Waals surface area (Å²) in [5.41, 5.74) is -0.0421. The Labute approximate surface area is 100 Å². The monoisotopic (exact) mass is 284 g/mol. The minimum Gasteiger partial charge on any atom is -0.421 e. The predicted molar refractivity (Wildman–Crippen MR) is 57.9 cm³/mol. The summed E-state index contributed by atoms with van der Waals surface area (Å²) in [5, 5.41) is 0. The molecule has 0 saturated heterocycles. The SMILES string of the molecule is C=Cc1cccc(OP(=O)(O)CC(F)(F)F)c1F. The Morgan fingerprint density at radius 3 is 2.56 bits per heavy atom. The molecule has 0 aliphatic rings. The van der Waals surface area contributed by atoms with E-state index in [1.807, 2.05) is 0 Å². The zero-order valence-electron chi connectivity index (χ0n) is 8.95. The van der Waals surface area contributed by atoms with Crippen LogP contribution in [0.3, 0.4) is 0 Å². The summed E-state index contributed by atoms with van der Waals surface area (Å²) in [7, 11) is -4.99. The molecule has 0 fully saturated rings. The highest BCUT2D eigenvalue weighted by atomic mass is 31.2. The Balaban J connectivity index is 2.98. The Morgan fingerprint density at radius 1 is 1.44 bits per heavy atom. The Bertz CT molecular complexity index is 498. The maximum atomic E-state index is 13.5. The first-order valence-electron chi connectivity index (χ1n) is 4.64. The Kier molecular flexibility index (Phi) is 4.19. The van der Waals surface area contributed by atoms with E-state index in [1.165, 1.54) is 12.1 Å². The topological polar surface area (TPSA) is 46.5 Å². The molecule has 1 N–H and O–H groups in total. The molecule has 1 aromatic carbocycles. The summed E-state index contributed by atoms with van der Waals surface area (Å²) in [6.45, 7) is 3.28. The van der Waals surface area contributed by atoms with Crippen LogP contribution in [0.1, 0.15) is 5.56 Å². The lowest BCUT2D eigenvalue weighted by Crippen LogP contribution is -2.16. The van der Waals surface area contributed by atoms with Gasteiger partial charge in [-0.1, -0.05) is 24.8 Å². The lowest BCUT2D eigenvalue weighted by atomic mass is 10.2. The molecule has 18 heavy (non-hydrogen) atoms. The van der Waals surface area contributed by atoms with Crippen molar-refractivity contribution in [2.45, 2.75) is 6.18 Å². The van der Waals surface area contributed by atoms with E-state index in [9.17, 15) is 22.1 Å². The van der Waals surface area contributed by atoms with E-state index in [0.717, 1.165) is 12.1 Å². The average molecular weight is 284 g/mol. The van der Waals surface area contributed by atoms with Gasteiger partial charge in [-0.15, -0.1) is 0 Å². The lowest BCUT2D eigenvalue weighted by molar-refractivity contribution is -0.109. The van der Waals surface area contributed by atoms with Gasteiger partial charge in [-0.3, -0.25) is 0 Å². The molecule has 0 aliphatic heterocycles. The second kappa shape index (κ2) is 5.12. The largest absolute Gasteiger partial charge is 0.421 e. The van der Waals surface area contributed by atoms with Crippen molar-refractivity contribution >= 4 is 13.7 Å². The van der Waals surface area contributed by atoms with E-state index in [0.29, 0.717) is 0 Å². The maximum absolute atomic E-state index is 13.5. The molecule has 0 saturated carbocycles. The van der Waals surface area contributed by atoms with E-state index < -0.39 is 31.5 Å². The fourth-order valence-corrected chi connectivity index (χ4v) is 2.13. The quantitative estimate of drug-likeness (QED) is 0.678. The molecular weight excluding hydrogens is 275 g/mol. The third-order valence-electron chi connectivity index (χ3n) is 1.83. The number of alkyl halides is 3. The average Bonchev–Trinajstić information content (AvgIpc) is 2.17. The van der Waals surface area contributed by atoms with Crippen molar-refractivity contribution in [3.63, 3.8) is 0 Å². The number of rotatable bonds is 4. The lowest BCUT2D eigenvalue weighted by Gasteiger charge is -2.15. The van der Waals surface area contributed by atoms with Crippen molar-refractivity contribution in [2.24, 2.45) is 0 Å². The van der Waals surface area contributed by atoms with E-state index in [2.05, 4.69) is 11.1 Å². The van der Waals surface area contributed by atoms with E-state index in [4.69, 9.17) is 4.89 Å². The zero-order chi connectivity index (χ0) is 14.0.